The molecule has 78 valence electrons. The van der Waals surface area contributed by atoms with Crippen LogP contribution in [0.25, 0.3) is 0 Å². The second-order valence-electron chi connectivity index (χ2n) is 4.37. The van der Waals surface area contributed by atoms with E-state index in [0.29, 0.717) is 5.41 Å². The van der Waals surface area contributed by atoms with Crippen LogP contribution in [-0.4, -0.2) is 18.6 Å². The Hall–Kier alpha value is -0.800. The van der Waals surface area contributed by atoms with Crippen molar-refractivity contribution in [3.63, 3.8) is 0 Å². The fourth-order valence-corrected chi connectivity index (χ4v) is 2.46. The van der Waals surface area contributed by atoms with E-state index in [4.69, 9.17) is 5.73 Å². The van der Waals surface area contributed by atoms with Crippen molar-refractivity contribution in [3.8, 4) is 0 Å². The predicted molar refractivity (Wildman–Crippen MR) is 57.9 cm³/mol. The number of nitrogens with one attached hydrogen (secondary N) is 2. The average molecular weight is 193 g/mol. The Labute approximate surface area is 85.1 Å². The van der Waals surface area contributed by atoms with E-state index in [1.807, 2.05) is 19.4 Å². The third-order valence-electron chi connectivity index (χ3n) is 3.52. The minimum absolute atomic E-state index is 0.176. The van der Waals surface area contributed by atoms with Crippen LogP contribution in [0.15, 0.2) is 18.5 Å². The van der Waals surface area contributed by atoms with Gasteiger partial charge >= 0.3 is 0 Å². The second-order valence-corrected chi connectivity index (χ2v) is 4.37. The van der Waals surface area contributed by atoms with Gasteiger partial charge in [-0.05, 0) is 31.5 Å². The molecule has 0 spiro atoms. The van der Waals surface area contributed by atoms with Gasteiger partial charge in [0, 0.05) is 30.4 Å². The summed E-state index contributed by atoms with van der Waals surface area (Å²) in [6.07, 6.45) is 7.78. The third-order valence-corrected chi connectivity index (χ3v) is 3.52. The molecule has 0 saturated heterocycles. The Morgan fingerprint density at radius 1 is 1.64 bits per heavy atom. The molecule has 1 aromatic rings. The van der Waals surface area contributed by atoms with Crippen molar-refractivity contribution in [1.29, 1.82) is 0 Å². The first-order chi connectivity index (χ1) is 6.78. The van der Waals surface area contributed by atoms with Gasteiger partial charge in [0.25, 0.3) is 0 Å². The van der Waals surface area contributed by atoms with E-state index in [2.05, 4.69) is 16.4 Å². The standard InChI is InChI=1S/C11H19N3/c1-13-8-11(4-2-5-11)10(12)9-3-6-14-7-9/h3,6-7,10,13-14H,2,4-5,8,12H2,1H3. The van der Waals surface area contributed by atoms with Crippen LogP contribution in [0, 0.1) is 5.41 Å². The molecule has 1 fully saturated rings. The highest BCUT2D eigenvalue weighted by Crippen LogP contribution is 2.48. The van der Waals surface area contributed by atoms with Crippen LogP contribution < -0.4 is 11.1 Å². The number of aromatic amines is 1. The molecule has 0 amide bonds. The second kappa shape index (κ2) is 3.75. The molecule has 1 heterocycles. The van der Waals surface area contributed by atoms with Crippen LogP contribution in [0.1, 0.15) is 30.9 Å². The molecule has 0 bridgehead atoms. The summed E-state index contributed by atoms with van der Waals surface area (Å²) in [4.78, 5) is 3.07. The van der Waals surface area contributed by atoms with Gasteiger partial charge in [0.1, 0.15) is 0 Å². The minimum atomic E-state index is 0.176. The quantitative estimate of drug-likeness (QED) is 0.677. The number of aromatic nitrogens is 1. The van der Waals surface area contributed by atoms with Gasteiger partial charge in [-0.2, -0.15) is 0 Å². The highest BCUT2D eigenvalue weighted by atomic mass is 14.9. The first-order valence-corrected chi connectivity index (χ1v) is 5.31. The van der Waals surface area contributed by atoms with Gasteiger partial charge in [-0.1, -0.05) is 6.42 Å². The van der Waals surface area contributed by atoms with Crippen LogP contribution in [0.5, 0.6) is 0 Å². The van der Waals surface area contributed by atoms with Crippen LogP contribution in [-0.2, 0) is 0 Å². The Kier molecular flexibility index (Phi) is 2.61. The molecule has 0 radical (unpaired) electrons. The molecule has 1 aromatic heterocycles. The summed E-state index contributed by atoms with van der Waals surface area (Å²) < 4.78 is 0. The highest BCUT2D eigenvalue weighted by molar-refractivity contribution is 5.18. The van der Waals surface area contributed by atoms with Crippen molar-refractivity contribution in [1.82, 2.24) is 10.3 Å². The topological polar surface area (TPSA) is 53.8 Å². The maximum Gasteiger partial charge on any atom is 0.0379 e. The molecule has 3 heteroatoms. The Bertz CT molecular complexity index is 275. The molecule has 1 unspecified atom stereocenters. The van der Waals surface area contributed by atoms with E-state index >= 15 is 0 Å². The van der Waals surface area contributed by atoms with Gasteiger partial charge in [0.05, 0.1) is 0 Å². The molecule has 1 aliphatic rings. The Morgan fingerprint density at radius 3 is 2.86 bits per heavy atom. The molecule has 1 atom stereocenters. The molecule has 3 nitrogen and oxygen atoms in total. The Balaban J connectivity index is 2.12. The summed E-state index contributed by atoms with van der Waals surface area (Å²) >= 11 is 0. The van der Waals surface area contributed by atoms with Crippen molar-refractivity contribution in [3.05, 3.63) is 24.0 Å². The zero-order valence-corrected chi connectivity index (χ0v) is 8.72. The molecule has 2 rings (SSSR count). The maximum atomic E-state index is 6.31. The third kappa shape index (κ3) is 1.47. The minimum Gasteiger partial charge on any atom is -0.367 e. The van der Waals surface area contributed by atoms with Gasteiger partial charge in [0.2, 0.25) is 0 Å². The predicted octanol–water partition coefficient (Wildman–Crippen LogP) is 1.40. The van der Waals surface area contributed by atoms with Crippen LogP contribution in [0.2, 0.25) is 0 Å². The molecule has 4 N–H and O–H groups in total. The lowest BCUT2D eigenvalue weighted by atomic mass is 9.63. The van der Waals surface area contributed by atoms with E-state index in [0.717, 1.165) is 6.54 Å². The SMILES string of the molecule is CNCC1(C(N)c2cc[nH]c2)CCC1. The fourth-order valence-electron chi connectivity index (χ4n) is 2.46. The van der Waals surface area contributed by atoms with Crippen LogP contribution in [0.3, 0.4) is 0 Å². The lowest BCUT2D eigenvalue weighted by Gasteiger charge is -2.46. The number of rotatable bonds is 4. The summed E-state index contributed by atoms with van der Waals surface area (Å²) in [7, 11) is 2.00. The summed E-state index contributed by atoms with van der Waals surface area (Å²) in [5.74, 6) is 0. The summed E-state index contributed by atoms with van der Waals surface area (Å²) in [6, 6.07) is 2.26. The van der Waals surface area contributed by atoms with E-state index in [1.165, 1.54) is 24.8 Å². The van der Waals surface area contributed by atoms with Gasteiger partial charge in [-0.15, -0.1) is 0 Å². The molecular formula is C11H19N3. The van der Waals surface area contributed by atoms with Crippen LogP contribution >= 0.6 is 0 Å². The average Bonchev–Trinajstić information content (AvgIpc) is 2.62. The van der Waals surface area contributed by atoms with Crippen molar-refractivity contribution in [2.75, 3.05) is 13.6 Å². The summed E-state index contributed by atoms with van der Waals surface area (Å²) in [6.45, 7) is 1.03. The van der Waals surface area contributed by atoms with E-state index < -0.39 is 0 Å². The van der Waals surface area contributed by atoms with Crippen molar-refractivity contribution in [2.45, 2.75) is 25.3 Å². The highest BCUT2D eigenvalue weighted by Gasteiger charge is 2.42. The zero-order chi connectivity index (χ0) is 10.0. The first kappa shape index (κ1) is 9.74. The van der Waals surface area contributed by atoms with Gasteiger partial charge in [-0.25, -0.2) is 0 Å². The molecule has 14 heavy (non-hydrogen) atoms. The Morgan fingerprint density at radius 2 is 2.43 bits per heavy atom. The van der Waals surface area contributed by atoms with Gasteiger partial charge < -0.3 is 16.0 Å². The normalized spacial score (nSPS) is 21.6. The van der Waals surface area contributed by atoms with Gasteiger partial charge in [-0.3, -0.25) is 0 Å². The molecule has 1 saturated carbocycles. The molecule has 0 aliphatic heterocycles. The van der Waals surface area contributed by atoms with Crippen molar-refractivity contribution >= 4 is 0 Å². The van der Waals surface area contributed by atoms with Crippen molar-refractivity contribution in [2.24, 2.45) is 11.1 Å². The fraction of sp³-hybridized carbons (Fsp3) is 0.636. The maximum absolute atomic E-state index is 6.31. The molecule has 1 aliphatic carbocycles. The number of H-pyrrole nitrogens is 1. The van der Waals surface area contributed by atoms with E-state index in [1.54, 1.807) is 0 Å². The zero-order valence-electron chi connectivity index (χ0n) is 8.72. The molecular weight excluding hydrogens is 174 g/mol. The number of hydrogen-bond acceptors (Lipinski definition) is 2. The van der Waals surface area contributed by atoms with E-state index in [9.17, 15) is 0 Å². The monoisotopic (exact) mass is 193 g/mol. The largest absolute Gasteiger partial charge is 0.367 e. The lowest BCUT2D eigenvalue weighted by Crippen LogP contribution is -2.46. The summed E-state index contributed by atoms with van der Waals surface area (Å²) in [5.41, 5.74) is 7.84. The smallest absolute Gasteiger partial charge is 0.0379 e. The summed E-state index contributed by atoms with van der Waals surface area (Å²) in [5, 5.41) is 3.26. The van der Waals surface area contributed by atoms with Crippen molar-refractivity contribution < 1.29 is 0 Å². The number of hydrogen-bond donors (Lipinski definition) is 3. The molecule has 0 aromatic carbocycles. The first-order valence-electron chi connectivity index (χ1n) is 5.31. The van der Waals surface area contributed by atoms with E-state index in [-0.39, 0.29) is 6.04 Å². The lowest BCUT2D eigenvalue weighted by molar-refractivity contribution is 0.0948. The number of nitrogens with two attached hydrogens (primary N) is 1. The van der Waals surface area contributed by atoms with Gasteiger partial charge in [0.15, 0.2) is 0 Å². The van der Waals surface area contributed by atoms with Crippen LogP contribution in [0.4, 0.5) is 0 Å².